The molecule has 4 heterocycles. The second kappa shape index (κ2) is 13.5. The zero-order valence-electron chi connectivity index (χ0n) is 24.6. The molecule has 2 aromatic carbocycles. The van der Waals surface area contributed by atoms with Crippen molar-refractivity contribution in [2.24, 2.45) is 0 Å². The average Bonchev–Trinajstić information content (AvgIpc) is 3.37. The number of rotatable bonds is 11. The number of hydrogen-bond donors (Lipinski definition) is 0. The maximum absolute atomic E-state index is 14.2. The molecule has 1 atom stereocenters. The van der Waals surface area contributed by atoms with Gasteiger partial charge in [-0.15, -0.1) is 0 Å². The van der Waals surface area contributed by atoms with Gasteiger partial charge in [-0.2, -0.15) is 5.26 Å². The van der Waals surface area contributed by atoms with Crippen molar-refractivity contribution in [2.45, 2.75) is 57.8 Å². The number of methoxy groups -OCH3 is 1. The van der Waals surface area contributed by atoms with Crippen molar-refractivity contribution in [3.8, 4) is 11.9 Å². The van der Waals surface area contributed by atoms with Crippen LogP contribution in [0.4, 0.5) is 4.39 Å². The van der Waals surface area contributed by atoms with Crippen LogP contribution in [0.1, 0.15) is 52.3 Å². The highest BCUT2D eigenvalue weighted by atomic mass is 19.1. The molecular formula is C33H34FN5O5. The highest BCUT2D eigenvalue weighted by Gasteiger charge is 2.25. The molecule has 44 heavy (non-hydrogen) atoms. The number of nitriles is 1. The molecule has 2 aromatic heterocycles. The van der Waals surface area contributed by atoms with Gasteiger partial charge in [-0.3, -0.25) is 4.90 Å². The lowest BCUT2D eigenvalue weighted by molar-refractivity contribution is -0.0593. The van der Waals surface area contributed by atoms with Crippen molar-refractivity contribution in [1.29, 1.82) is 5.26 Å². The van der Waals surface area contributed by atoms with Crippen LogP contribution in [-0.4, -0.2) is 64.4 Å². The highest BCUT2D eigenvalue weighted by molar-refractivity contribution is 5.93. The van der Waals surface area contributed by atoms with Gasteiger partial charge in [0.05, 0.1) is 72.9 Å². The molecule has 11 heteroatoms. The average molecular weight is 600 g/mol. The Morgan fingerprint density at radius 1 is 1.09 bits per heavy atom. The number of fused-ring (bicyclic) bond motifs is 1. The largest absolute Gasteiger partial charge is 0.473 e. The van der Waals surface area contributed by atoms with Crippen LogP contribution in [0.3, 0.4) is 0 Å². The van der Waals surface area contributed by atoms with Crippen molar-refractivity contribution in [3.05, 3.63) is 88.6 Å². The molecule has 2 aliphatic rings. The van der Waals surface area contributed by atoms with Crippen molar-refractivity contribution in [3.63, 3.8) is 0 Å². The monoisotopic (exact) mass is 599 g/mol. The van der Waals surface area contributed by atoms with Crippen LogP contribution in [0.15, 0.2) is 54.6 Å². The van der Waals surface area contributed by atoms with E-state index in [2.05, 4.69) is 14.5 Å². The molecule has 0 aliphatic carbocycles. The Morgan fingerprint density at radius 3 is 2.66 bits per heavy atom. The molecule has 0 bridgehead atoms. The van der Waals surface area contributed by atoms with Crippen LogP contribution in [0, 0.1) is 17.1 Å². The summed E-state index contributed by atoms with van der Waals surface area (Å²) in [6, 6.07) is 17.2. The van der Waals surface area contributed by atoms with Gasteiger partial charge in [-0.25, -0.2) is 19.2 Å². The van der Waals surface area contributed by atoms with E-state index in [-0.39, 0.29) is 30.3 Å². The lowest BCUT2D eigenvalue weighted by Crippen LogP contribution is -2.38. The van der Waals surface area contributed by atoms with Gasteiger partial charge in [-0.1, -0.05) is 12.1 Å². The molecule has 0 saturated carbocycles. The summed E-state index contributed by atoms with van der Waals surface area (Å²) < 4.78 is 38.9. The number of aromatic nitrogens is 3. The fraction of sp³-hybridized carbons (Fsp3) is 0.394. The number of imidazole rings is 1. The first-order chi connectivity index (χ1) is 21.5. The smallest absolute Gasteiger partial charge is 0.337 e. The minimum absolute atomic E-state index is 0.0151. The van der Waals surface area contributed by atoms with E-state index in [1.165, 1.54) is 13.2 Å². The molecule has 1 unspecified atom stereocenters. The molecule has 2 aliphatic heterocycles. The minimum Gasteiger partial charge on any atom is -0.473 e. The van der Waals surface area contributed by atoms with E-state index in [0.29, 0.717) is 36.7 Å². The minimum atomic E-state index is -0.479. The summed E-state index contributed by atoms with van der Waals surface area (Å²) in [5, 5.41) is 8.92. The van der Waals surface area contributed by atoms with E-state index in [4.69, 9.17) is 29.2 Å². The number of piperidine rings is 1. The fourth-order valence-electron chi connectivity index (χ4n) is 5.52. The lowest BCUT2D eigenvalue weighted by Gasteiger charge is -2.32. The quantitative estimate of drug-likeness (QED) is 0.225. The van der Waals surface area contributed by atoms with Crippen molar-refractivity contribution in [1.82, 2.24) is 19.4 Å². The number of hydrogen-bond acceptors (Lipinski definition) is 9. The van der Waals surface area contributed by atoms with E-state index in [9.17, 15) is 9.18 Å². The van der Waals surface area contributed by atoms with Gasteiger partial charge in [0.25, 0.3) is 0 Å². The summed E-state index contributed by atoms with van der Waals surface area (Å²) in [6.07, 6.45) is 3.04. The Hall–Kier alpha value is -4.37. The number of ether oxygens (including phenoxy) is 4. The molecule has 10 nitrogen and oxygen atoms in total. The van der Waals surface area contributed by atoms with Gasteiger partial charge in [0.1, 0.15) is 18.2 Å². The van der Waals surface area contributed by atoms with Gasteiger partial charge in [0.15, 0.2) is 0 Å². The molecule has 2 fully saturated rings. The zero-order chi connectivity index (χ0) is 30.5. The van der Waals surface area contributed by atoms with Crippen molar-refractivity contribution < 1.29 is 28.1 Å². The highest BCUT2D eigenvalue weighted by Crippen LogP contribution is 2.25. The van der Waals surface area contributed by atoms with Crippen LogP contribution in [-0.2, 0) is 40.5 Å². The Balaban J connectivity index is 1.02. The van der Waals surface area contributed by atoms with E-state index in [0.717, 1.165) is 61.5 Å². The van der Waals surface area contributed by atoms with E-state index in [1.54, 1.807) is 24.3 Å². The van der Waals surface area contributed by atoms with Crippen LogP contribution < -0.4 is 4.74 Å². The van der Waals surface area contributed by atoms with Crippen LogP contribution in [0.5, 0.6) is 5.88 Å². The summed E-state index contributed by atoms with van der Waals surface area (Å²) >= 11 is 0. The number of likely N-dealkylation sites (tertiary alicyclic amines) is 1. The molecule has 0 amide bonds. The first-order valence-electron chi connectivity index (χ1n) is 14.8. The first-order valence-corrected chi connectivity index (χ1v) is 14.8. The number of benzene rings is 2. The SMILES string of the molecule is COC(=O)c1ccc2nc(CN3CCC(OCc4cccc(OCc5ccc(C#N)cc5F)n4)CC3)n(CC3CCO3)c2c1. The number of halogens is 1. The molecule has 0 N–H and O–H groups in total. The summed E-state index contributed by atoms with van der Waals surface area (Å²) in [5.41, 5.74) is 3.64. The third-order valence-electron chi connectivity index (χ3n) is 8.13. The Kier molecular flexibility index (Phi) is 9.12. The molecule has 228 valence electrons. The molecule has 2 saturated heterocycles. The summed E-state index contributed by atoms with van der Waals surface area (Å²) in [7, 11) is 1.39. The molecule has 0 spiro atoms. The summed E-state index contributed by atoms with van der Waals surface area (Å²) in [5.74, 6) is 0.501. The van der Waals surface area contributed by atoms with Crippen LogP contribution >= 0.6 is 0 Å². The maximum atomic E-state index is 14.2. The van der Waals surface area contributed by atoms with E-state index < -0.39 is 5.82 Å². The molecular weight excluding hydrogens is 565 g/mol. The molecule has 0 radical (unpaired) electrons. The van der Waals surface area contributed by atoms with Crippen molar-refractivity contribution >= 4 is 17.0 Å². The van der Waals surface area contributed by atoms with Crippen molar-refractivity contribution in [2.75, 3.05) is 26.8 Å². The van der Waals surface area contributed by atoms with Crippen LogP contribution in [0.25, 0.3) is 11.0 Å². The third-order valence-corrected chi connectivity index (χ3v) is 8.13. The van der Waals surface area contributed by atoms with E-state index >= 15 is 0 Å². The number of carbonyl (C=O) groups is 1. The maximum Gasteiger partial charge on any atom is 0.337 e. The Labute approximate surface area is 254 Å². The van der Waals surface area contributed by atoms with Gasteiger partial charge in [-0.05, 0) is 55.7 Å². The lowest BCUT2D eigenvalue weighted by atomic mass is 10.1. The zero-order valence-corrected chi connectivity index (χ0v) is 24.6. The summed E-state index contributed by atoms with van der Waals surface area (Å²) in [6.45, 7) is 4.28. The van der Waals surface area contributed by atoms with Gasteiger partial charge in [0, 0.05) is 31.3 Å². The number of nitrogens with zero attached hydrogens (tertiary/aromatic N) is 5. The first kappa shape index (κ1) is 29.7. The number of carbonyl (C=O) groups excluding carboxylic acids is 1. The Morgan fingerprint density at radius 2 is 1.93 bits per heavy atom. The second-order valence-corrected chi connectivity index (χ2v) is 11.1. The van der Waals surface area contributed by atoms with Gasteiger partial charge < -0.3 is 23.5 Å². The Bertz CT molecular complexity index is 1670. The summed E-state index contributed by atoms with van der Waals surface area (Å²) in [4.78, 5) is 24.0. The van der Waals surface area contributed by atoms with Gasteiger partial charge >= 0.3 is 5.97 Å². The predicted molar refractivity (Wildman–Crippen MR) is 158 cm³/mol. The molecule has 4 aromatic rings. The van der Waals surface area contributed by atoms with E-state index in [1.807, 2.05) is 30.3 Å². The predicted octanol–water partition coefficient (Wildman–Crippen LogP) is 4.78. The normalized spacial score (nSPS) is 17.2. The van der Waals surface area contributed by atoms with Gasteiger partial charge in [0.2, 0.25) is 5.88 Å². The number of esters is 1. The third kappa shape index (κ3) is 6.89. The fourth-order valence-corrected chi connectivity index (χ4v) is 5.52. The van der Waals surface area contributed by atoms with Crippen LogP contribution in [0.2, 0.25) is 0 Å². The topological polar surface area (TPSA) is 112 Å². The second-order valence-electron chi connectivity index (χ2n) is 11.1. The number of pyridine rings is 1. The standard InChI is InChI=1S/C33H34FN5O5/c1-41-33(40)23-7-8-29-30(16-23)39(18-27-11-14-42-27)31(37-29)19-38-12-9-26(10-13-38)43-21-25-3-2-4-32(36-25)44-20-24-6-5-22(17-35)15-28(24)34/h2-8,15-16,26-27H,9-14,18-21H2,1H3. The molecule has 6 rings (SSSR count).